The molecule has 0 aliphatic carbocycles. The van der Waals surface area contributed by atoms with E-state index in [1.165, 1.54) is 35.1 Å². The van der Waals surface area contributed by atoms with Crippen molar-refractivity contribution in [2.24, 2.45) is 4.99 Å². The third-order valence-corrected chi connectivity index (χ3v) is 8.29. The van der Waals surface area contributed by atoms with Crippen molar-refractivity contribution in [2.45, 2.75) is 11.8 Å². The molecule has 36 heavy (non-hydrogen) atoms. The highest BCUT2D eigenvalue weighted by Crippen LogP contribution is 2.33. The van der Waals surface area contributed by atoms with Gasteiger partial charge < -0.3 is 14.0 Å². The topological polar surface area (TPSA) is 79.3 Å². The van der Waals surface area contributed by atoms with Gasteiger partial charge in [-0.15, -0.1) is 0 Å². The minimum atomic E-state index is -4.00. The Hall–Kier alpha value is -3.56. The summed E-state index contributed by atoms with van der Waals surface area (Å²) in [5.74, 6) is -0.181. The number of anilines is 1. The van der Waals surface area contributed by atoms with Gasteiger partial charge >= 0.3 is 10.1 Å². The number of carbonyl (C=O) groups is 1. The Morgan fingerprint density at radius 3 is 2.22 bits per heavy atom. The summed E-state index contributed by atoms with van der Waals surface area (Å²) in [5, 5.41) is 0.671. The van der Waals surface area contributed by atoms with Crippen LogP contribution in [0.3, 0.4) is 0 Å². The van der Waals surface area contributed by atoms with E-state index < -0.39 is 10.1 Å². The second kappa shape index (κ2) is 10.2. The number of rotatable bonds is 5. The minimum Gasteiger partial charge on any atom is -0.378 e. The van der Waals surface area contributed by atoms with E-state index in [0.717, 1.165) is 26.2 Å². The number of hydrogen-bond acceptors (Lipinski definition) is 7. The second-order valence-electron chi connectivity index (χ2n) is 8.51. The van der Waals surface area contributed by atoms with Crippen molar-refractivity contribution in [1.29, 1.82) is 0 Å². The molecule has 3 aromatic rings. The van der Waals surface area contributed by atoms with Crippen LogP contribution in [0.4, 0.5) is 5.69 Å². The van der Waals surface area contributed by atoms with Crippen molar-refractivity contribution in [3.63, 3.8) is 0 Å². The van der Waals surface area contributed by atoms with E-state index in [1.54, 1.807) is 48.5 Å². The third kappa shape index (κ3) is 5.32. The molecule has 184 valence electrons. The van der Waals surface area contributed by atoms with Gasteiger partial charge in [0, 0.05) is 37.4 Å². The fourth-order valence-electron chi connectivity index (χ4n) is 4.02. The molecular formula is C27H25N3O4S2. The first kappa shape index (κ1) is 24.1. The number of piperazine rings is 1. The van der Waals surface area contributed by atoms with Crippen LogP contribution < -0.4 is 9.08 Å². The minimum absolute atomic E-state index is 0.0640. The number of para-hydroxylation sites is 1. The Morgan fingerprint density at radius 1 is 0.861 bits per heavy atom. The van der Waals surface area contributed by atoms with Crippen LogP contribution in [-0.4, -0.2) is 50.6 Å². The monoisotopic (exact) mass is 519 g/mol. The fraction of sp³-hybridized carbons (Fsp3) is 0.185. The largest absolute Gasteiger partial charge is 0.378 e. The number of aryl methyl sites for hydroxylation is 1. The van der Waals surface area contributed by atoms with Crippen LogP contribution in [0.5, 0.6) is 5.75 Å². The van der Waals surface area contributed by atoms with Crippen molar-refractivity contribution in [3.8, 4) is 5.75 Å². The summed E-state index contributed by atoms with van der Waals surface area (Å²) < 4.78 is 30.8. The normalized spacial score (nSPS) is 17.4. The Balaban J connectivity index is 1.27. The molecule has 2 aliphatic heterocycles. The Morgan fingerprint density at radius 2 is 1.50 bits per heavy atom. The molecule has 1 amide bonds. The van der Waals surface area contributed by atoms with Crippen LogP contribution in [-0.2, 0) is 14.9 Å². The standard InChI is InChI=1S/C27H25N3O4S2/c1-20-11-13-22(14-12-20)29-15-17-30(18-16-29)27-28-26(31)25(35-27)19-21-7-5-6-10-24(21)34-36(32,33)23-8-3-2-4-9-23/h2-14,19H,15-18H2,1H3. The van der Waals surface area contributed by atoms with E-state index >= 15 is 0 Å². The molecule has 3 aromatic carbocycles. The molecule has 2 aliphatic rings. The van der Waals surface area contributed by atoms with Crippen LogP contribution in [0.2, 0.25) is 0 Å². The quantitative estimate of drug-likeness (QED) is 0.361. The molecule has 0 spiro atoms. The molecule has 0 bridgehead atoms. The number of hydrogen-bond donors (Lipinski definition) is 0. The number of carbonyl (C=O) groups excluding carboxylic acids is 1. The van der Waals surface area contributed by atoms with Crippen LogP contribution in [0.1, 0.15) is 11.1 Å². The number of thioether (sulfide) groups is 1. The molecule has 9 heteroatoms. The lowest BCUT2D eigenvalue weighted by Gasteiger charge is -2.36. The SMILES string of the molecule is Cc1ccc(N2CCN(C3=NC(=O)C(=Cc4ccccc4OS(=O)(=O)c4ccccc4)S3)CC2)cc1. The summed E-state index contributed by atoms with van der Waals surface area (Å²) in [7, 11) is -4.00. The van der Waals surface area contributed by atoms with Crippen LogP contribution in [0.15, 0.2) is 93.7 Å². The third-order valence-electron chi connectivity index (χ3n) is 6.00. The highest BCUT2D eigenvalue weighted by atomic mass is 32.2. The highest BCUT2D eigenvalue weighted by molar-refractivity contribution is 8.18. The maximum absolute atomic E-state index is 12.7. The fourth-order valence-corrected chi connectivity index (χ4v) is 5.95. The predicted molar refractivity (Wildman–Crippen MR) is 144 cm³/mol. The van der Waals surface area contributed by atoms with Crippen molar-refractivity contribution < 1.29 is 17.4 Å². The Kier molecular flexibility index (Phi) is 6.84. The van der Waals surface area contributed by atoms with E-state index in [0.29, 0.717) is 15.6 Å². The average Bonchev–Trinajstić information content (AvgIpc) is 3.26. The van der Waals surface area contributed by atoms with E-state index in [9.17, 15) is 13.2 Å². The molecule has 0 unspecified atom stereocenters. The van der Waals surface area contributed by atoms with E-state index in [2.05, 4.69) is 46.0 Å². The van der Waals surface area contributed by atoms with Crippen molar-refractivity contribution >= 4 is 44.7 Å². The summed E-state index contributed by atoms with van der Waals surface area (Å²) >= 11 is 1.31. The number of aliphatic imine (C=N–C) groups is 1. The zero-order valence-corrected chi connectivity index (χ0v) is 21.3. The molecular weight excluding hydrogens is 494 g/mol. The van der Waals surface area contributed by atoms with Gasteiger partial charge in [0.1, 0.15) is 10.6 Å². The zero-order chi connectivity index (χ0) is 25.1. The number of nitrogens with zero attached hydrogens (tertiary/aromatic N) is 3. The van der Waals surface area contributed by atoms with Gasteiger partial charge in [-0.25, -0.2) is 0 Å². The van der Waals surface area contributed by atoms with Gasteiger partial charge in [0.15, 0.2) is 5.17 Å². The van der Waals surface area contributed by atoms with Gasteiger partial charge in [-0.2, -0.15) is 13.4 Å². The maximum Gasteiger partial charge on any atom is 0.339 e. The smallest absolute Gasteiger partial charge is 0.339 e. The first-order chi connectivity index (χ1) is 17.4. The molecule has 1 fully saturated rings. The Labute approximate surface area is 215 Å². The summed E-state index contributed by atoms with van der Waals surface area (Å²) in [4.78, 5) is 21.9. The molecule has 1 saturated heterocycles. The summed E-state index contributed by atoms with van der Waals surface area (Å²) in [6.45, 7) is 5.27. The first-order valence-electron chi connectivity index (χ1n) is 11.6. The predicted octanol–water partition coefficient (Wildman–Crippen LogP) is 4.56. The van der Waals surface area contributed by atoms with Gasteiger partial charge in [-0.05, 0) is 55.1 Å². The maximum atomic E-state index is 12.7. The number of benzene rings is 3. The molecule has 0 aromatic heterocycles. The number of amidine groups is 1. The second-order valence-corrected chi connectivity index (χ2v) is 11.1. The lowest BCUT2D eigenvalue weighted by Crippen LogP contribution is -2.47. The lowest BCUT2D eigenvalue weighted by molar-refractivity contribution is -0.113. The van der Waals surface area contributed by atoms with Crippen molar-refractivity contribution in [1.82, 2.24) is 4.90 Å². The van der Waals surface area contributed by atoms with Crippen LogP contribution in [0, 0.1) is 6.92 Å². The van der Waals surface area contributed by atoms with Crippen LogP contribution in [0.25, 0.3) is 6.08 Å². The molecule has 0 atom stereocenters. The number of amides is 1. The van der Waals surface area contributed by atoms with E-state index in [1.807, 2.05) is 0 Å². The molecule has 0 radical (unpaired) electrons. The molecule has 5 rings (SSSR count). The first-order valence-corrected chi connectivity index (χ1v) is 13.8. The van der Waals surface area contributed by atoms with Gasteiger partial charge in [0.05, 0.1) is 4.91 Å². The van der Waals surface area contributed by atoms with E-state index in [4.69, 9.17) is 4.18 Å². The molecule has 0 N–H and O–H groups in total. The average molecular weight is 520 g/mol. The highest BCUT2D eigenvalue weighted by Gasteiger charge is 2.29. The molecule has 7 nitrogen and oxygen atoms in total. The van der Waals surface area contributed by atoms with Crippen molar-refractivity contribution in [2.75, 3.05) is 31.1 Å². The van der Waals surface area contributed by atoms with Crippen molar-refractivity contribution in [3.05, 3.63) is 94.9 Å². The Bertz CT molecular complexity index is 1430. The van der Waals surface area contributed by atoms with E-state index in [-0.39, 0.29) is 16.6 Å². The van der Waals surface area contributed by atoms with Gasteiger partial charge in [0.25, 0.3) is 5.91 Å². The van der Waals surface area contributed by atoms with Gasteiger partial charge in [-0.1, -0.05) is 54.1 Å². The zero-order valence-electron chi connectivity index (χ0n) is 19.7. The lowest BCUT2D eigenvalue weighted by atomic mass is 10.2. The summed E-state index contributed by atoms with van der Waals surface area (Å²) in [6, 6.07) is 23.2. The molecule has 2 heterocycles. The molecule has 0 saturated carbocycles. The summed E-state index contributed by atoms with van der Waals surface area (Å²) in [5.41, 5.74) is 2.92. The van der Waals surface area contributed by atoms with Gasteiger partial charge in [0.2, 0.25) is 0 Å². The van der Waals surface area contributed by atoms with Gasteiger partial charge in [-0.3, -0.25) is 4.79 Å². The summed E-state index contributed by atoms with van der Waals surface area (Å²) in [6.07, 6.45) is 1.64. The van der Waals surface area contributed by atoms with Crippen LogP contribution >= 0.6 is 11.8 Å².